The average Bonchev–Trinajstić information content (AvgIpc) is 2.85. The first kappa shape index (κ1) is 26.5. The summed E-state index contributed by atoms with van der Waals surface area (Å²) < 4.78 is 28.4. The first-order valence-corrected chi connectivity index (χ1v) is 14.3. The van der Waals surface area contributed by atoms with Gasteiger partial charge in [0.2, 0.25) is 5.91 Å². The number of hydrogen-bond acceptors (Lipinski definition) is 3. The van der Waals surface area contributed by atoms with Gasteiger partial charge in [-0.05, 0) is 86.1 Å². The van der Waals surface area contributed by atoms with Crippen molar-refractivity contribution in [2.45, 2.75) is 56.9 Å². The lowest BCUT2D eigenvalue weighted by Gasteiger charge is -2.26. The predicted molar refractivity (Wildman–Crippen MR) is 146 cm³/mol. The molecule has 8 heteroatoms. The second-order valence-electron chi connectivity index (χ2n) is 9.22. The maximum atomic E-state index is 13.6. The molecule has 0 aliphatic heterocycles. The lowest BCUT2D eigenvalue weighted by atomic mass is 9.89. The molecule has 0 bridgehead atoms. The summed E-state index contributed by atoms with van der Waals surface area (Å²) >= 11 is 12.4. The summed E-state index contributed by atoms with van der Waals surface area (Å²) in [5.74, 6) is -0.411. The minimum Gasteiger partial charge on any atom is -0.348 e. The number of benzene rings is 3. The van der Waals surface area contributed by atoms with Crippen LogP contribution in [0.1, 0.15) is 54.5 Å². The van der Waals surface area contributed by atoms with E-state index in [9.17, 15) is 13.2 Å². The summed E-state index contributed by atoms with van der Waals surface area (Å²) in [6.07, 6.45) is 5.20. The fourth-order valence-electron chi connectivity index (χ4n) is 4.60. The molecule has 0 radical (unpaired) electrons. The van der Waals surface area contributed by atoms with E-state index < -0.39 is 22.5 Å². The van der Waals surface area contributed by atoms with Gasteiger partial charge in [0.05, 0.1) is 16.6 Å². The molecular formula is C28H30Cl2N2O3S. The average molecular weight is 546 g/mol. The van der Waals surface area contributed by atoms with E-state index in [0.29, 0.717) is 6.42 Å². The molecule has 0 aromatic heterocycles. The predicted octanol–water partition coefficient (Wildman–Crippen LogP) is 6.64. The van der Waals surface area contributed by atoms with Gasteiger partial charge in [-0.15, -0.1) is 0 Å². The minimum absolute atomic E-state index is 0.0822. The smallest absolute Gasteiger partial charge is 0.264 e. The monoisotopic (exact) mass is 544 g/mol. The number of hydrogen-bond donors (Lipinski definition) is 1. The molecule has 1 aliphatic carbocycles. The topological polar surface area (TPSA) is 66.5 Å². The minimum atomic E-state index is -4.06. The van der Waals surface area contributed by atoms with Crippen molar-refractivity contribution in [3.63, 3.8) is 0 Å². The van der Waals surface area contributed by atoms with Crippen LogP contribution in [0, 0.1) is 6.92 Å². The van der Waals surface area contributed by atoms with Gasteiger partial charge >= 0.3 is 0 Å². The highest BCUT2D eigenvalue weighted by atomic mass is 35.5. The van der Waals surface area contributed by atoms with E-state index in [2.05, 4.69) is 23.5 Å². The van der Waals surface area contributed by atoms with Gasteiger partial charge in [-0.3, -0.25) is 9.10 Å². The molecule has 5 nitrogen and oxygen atoms in total. The van der Waals surface area contributed by atoms with Crippen molar-refractivity contribution in [1.29, 1.82) is 0 Å². The van der Waals surface area contributed by atoms with Crippen LogP contribution in [0.5, 0.6) is 0 Å². The number of rotatable bonds is 8. The van der Waals surface area contributed by atoms with Crippen LogP contribution in [-0.4, -0.2) is 20.9 Å². The van der Waals surface area contributed by atoms with Gasteiger partial charge in [0.25, 0.3) is 10.0 Å². The molecule has 190 valence electrons. The zero-order valence-electron chi connectivity index (χ0n) is 20.4. The zero-order chi connectivity index (χ0) is 25.9. The molecule has 0 saturated carbocycles. The number of nitrogens with zero attached hydrogens (tertiary/aromatic N) is 1. The fraction of sp³-hybridized carbons (Fsp3) is 0.321. The molecule has 1 N–H and O–H groups in total. The highest BCUT2D eigenvalue weighted by Gasteiger charge is 2.28. The Morgan fingerprint density at radius 3 is 2.22 bits per heavy atom. The van der Waals surface area contributed by atoms with Crippen molar-refractivity contribution < 1.29 is 13.2 Å². The van der Waals surface area contributed by atoms with E-state index >= 15 is 0 Å². The summed E-state index contributed by atoms with van der Waals surface area (Å²) in [7, 11) is -4.06. The Bertz CT molecular complexity index is 1340. The van der Waals surface area contributed by atoms with Crippen LogP contribution in [0.2, 0.25) is 10.0 Å². The van der Waals surface area contributed by atoms with E-state index in [1.807, 2.05) is 13.8 Å². The Balaban J connectivity index is 1.62. The van der Waals surface area contributed by atoms with Crippen molar-refractivity contribution in [1.82, 2.24) is 5.32 Å². The van der Waals surface area contributed by atoms with Gasteiger partial charge in [0.15, 0.2) is 0 Å². The quantitative estimate of drug-likeness (QED) is 0.345. The molecule has 3 aromatic carbocycles. The molecule has 3 aromatic rings. The molecule has 0 spiro atoms. The van der Waals surface area contributed by atoms with Gasteiger partial charge in [-0.2, -0.15) is 0 Å². The number of amides is 1. The van der Waals surface area contributed by atoms with Crippen LogP contribution in [0.3, 0.4) is 0 Å². The number of carbonyl (C=O) groups excluding carboxylic acids is 1. The molecule has 36 heavy (non-hydrogen) atoms. The standard InChI is InChI=1S/C28H30Cl2N2O3S/c1-3-27(22-11-10-20-6-4-5-7-21(20)14-22)31-28(33)18-32(25-16-23(29)15-24(30)17-25)36(34,35)26-12-8-19(2)9-13-26/h8-17,27H,3-7,18H2,1-2H3,(H,31,33)/t27-/m1/s1. The Morgan fingerprint density at radius 2 is 1.58 bits per heavy atom. The molecule has 1 aliphatic rings. The van der Waals surface area contributed by atoms with Crippen molar-refractivity contribution in [3.8, 4) is 0 Å². The summed E-state index contributed by atoms with van der Waals surface area (Å²) in [5, 5.41) is 3.60. The molecule has 0 unspecified atom stereocenters. The second-order valence-corrected chi connectivity index (χ2v) is 12.0. The third-order valence-corrected chi connectivity index (χ3v) is 8.77. The summed E-state index contributed by atoms with van der Waals surface area (Å²) in [6.45, 7) is 3.47. The molecule has 0 fully saturated rings. The van der Waals surface area contributed by atoms with Crippen LogP contribution in [0.4, 0.5) is 5.69 Å². The first-order valence-electron chi connectivity index (χ1n) is 12.1. The third kappa shape index (κ3) is 6.05. The summed E-state index contributed by atoms with van der Waals surface area (Å²) in [5.41, 5.74) is 4.90. The lowest BCUT2D eigenvalue weighted by molar-refractivity contribution is -0.120. The van der Waals surface area contributed by atoms with Gasteiger partial charge < -0.3 is 5.32 Å². The normalized spacial score (nSPS) is 14.1. The largest absolute Gasteiger partial charge is 0.348 e. The fourth-order valence-corrected chi connectivity index (χ4v) is 6.52. The van der Waals surface area contributed by atoms with Crippen molar-refractivity contribution in [3.05, 3.63) is 93.0 Å². The van der Waals surface area contributed by atoms with Crippen molar-refractivity contribution >= 4 is 44.8 Å². The molecular weight excluding hydrogens is 515 g/mol. The summed E-state index contributed by atoms with van der Waals surface area (Å²) in [6, 6.07) is 17.2. The Labute approximate surface area is 223 Å². The molecule has 1 atom stereocenters. The molecule has 1 amide bonds. The molecule has 0 saturated heterocycles. The van der Waals surface area contributed by atoms with Crippen molar-refractivity contribution in [2.24, 2.45) is 0 Å². The van der Waals surface area contributed by atoms with Crippen LogP contribution in [0.25, 0.3) is 0 Å². The number of anilines is 1. The van der Waals surface area contributed by atoms with Gasteiger partial charge in [0.1, 0.15) is 6.54 Å². The first-order chi connectivity index (χ1) is 17.2. The molecule has 0 heterocycles. The lowest BCUT2D eigenvalue weighted by Crippen LogP contribution is -2.42. The number of fused-ring (bicyclic) bond motifs is 1. The molecule has 4 rings (SSSR count). The number of nitrogens with one attached hydrogen (secondary N) is 1. The van der Waals surface area contributed by atoms with Crippen LogP contribution in [0.15, 0.2) is 65.6 Å². The summed E-state index contributed by atoms with van der Waals surface area (Å²) in [4.78, 5) is 13.4. The number of aryl methyl sites for hydroxylation is 3. The number of halogens is 2. The Morgan fingerprint density at radius 1 is 0.944 bits per heavy atom. The van der Waals surface area contributed by atoms with Crippen molar-refractivity contribution in [2.75, 3.05) is 10.8 Å². The number of sulfonamides is 1. The van der Waals surface area contributed by atoms with Crippen LogP contribution in [-0.2, 0) is 27.7 Å². The van der Waals surface area contributed by atoms with E-state index in [1.165, 1.54) is 54.3 Å². The van der Waals surface area contributed by atoms with E-state index in [0.717, 1.165) is 28.3 Å². The van der Waals surface area contributed by atoms with Gasteiger partial charge in [-0.25, -0.2) is 8.42 Å². The van der Waals surface area contributed by atoms with Crippen LogP contribution < -0.4 is 9.62 Å². The van der Waals surface area contributed by atoms with Gasteiger partial charge in [0, 0.05) is 10.0 Å². The SMILES string of the molecule is CC[C@@H](NC(=O)CN(c1cc(Cl)cc(Cl)c1)S(=O)(=O)c1ccc(C)cc1)c1ccc2c(c1)CCCC2. The van der Waals surface area contributed by atoms with E-state index in [1.54, 1.807) is 12.1 Å². The maximum absolute atomic E-state index is 13.6. The van der Waals surface area contributed by atoms with Crippen LogP contribution >= 0.6 is 23.2 Å². The Kier molecular flexibility index (Phi) is 8.28. The maximum Gasteiger partial charge on any atom is 0.264 e. The third-order valence-electron chi connectivity index (χ3n) is 6.55. The van der Waals surface area contributed by atoms with E-state index in [4.69, 9.17) is 23.2 Å². The second kappa shape index (κ2) is 11.2. The highest BCUT2D eigenvalue weighted by Crippen LogP contribution is 2.30. The highest BCUT2D eigenvalue weighted by molar-refractivity contribution is 7.92. The van der Waals surface area contributed by atoms with Gasteiger partial charge in [-0.1, -0.05) is 66.0 Å². The van der Waals surface area contributed by atoms with E-state index in [-0.39, 0.29) is 26.7 Å². The zero-order valence-corrected chi connectivity index (χ0v) is 22.8. The Hall–Kier alpha value is -2.54. The number of carbonyl (C=O) groups is 1.